The summed E-state index contributed by atoms with van der Waals surface area (Å²) in [6.07, 6.45) is 0.195. The largest absolute Gasteiger partial charge is 0.396 e. The van der Waals surface area contributed by atoms with Gasteiger partial charge in [-0.2, -0.15) is 0 Å². The lowest BCUT2D eigenvalue weighted by Crippen LogP contribution is -2.30. The van der Waals surface area contributed by atoms with Crippen LogP contribution < -0.4 is 10.8 Å². The molecule has 0 heterocycles. The lowest BCUT2D eigenvalue weighted by molar-refractivity contribution is -0.189. The van der Waals surface area contributed by atoms with Gasteiger partial charge in [0.15, 0.2) is 11.6 Å². The van der Waals surface area contributed by atoms with Crippen LogP contribution in [-0.4, -0.2) is 53.5 Å². The summed E-state index contributed by atoms with van der Waals surface area (Å²) in [5.74, 6) is -5.30. The van der Waals surface area contributed by atoms with Crippen molar-refractivity contribution in [2.24, 2.45) is 0 Å². The molecule has 13 heteroatoms. The summed E-state index contributed by atoms with van der Waals surface area (Å²) in [6.45, 7) is -0.371. The molecule has 2 rings (SSSR count). The van der Waals surface area contributed by atoms with Crippen molar-refractivity contribution in [2.75, 3.05) is 31.7 Å². The summed E-state index contributed by atoms with van der Waals surface area (Å²) in [5.41, 5.74) is 0.241. The number of rotatable bonds is 12. The third-order valence-electron chi connectivity index (χ3n) is 4.29. The van der Waals surface area contributed by atoms with Gasteiger partial charge in [-0.25, -0.2) is 23.7 Å². The van der Waals surface area contributed by atoms with Gasteiger partial charge in [0.25, 0.3) is 5.91 Å². The Labute approximate surface area is 206 Å². The second kappa shape index (κ2) is 13.4. The second-order valence-electron chi connectivity index (χ2n) is 6.80. The van der Waals surface area contributed by atoms with E-state index in [1.165, 1.54) is 12.1 Å². The first-order valence-electron chi connectivity index (χ1n) is 9.97. The predicted octanol–water partition coefficient (Wildman–Crippen LogP) is 2.77. The summed E-state index contributed by atoms with van der Waals surface area (Å²) in [7, 11) is 0. The molecule has 2 aromatic carbocycles. The summed E-state index contributed by atoms with van der Waals surface area (Å²) in [4.78, 5) is 34.4. The van der Waals surface area contributed by atoms with Crippen molar-refractivity contribution in [3.05, 3.63) is 56.4 Å². The van der Waals surface area contributed by atoms with Crippen LogP contribution in [0.3, 0.4) is 0 Å². The van der Waals surface area contributed by atoms with Gasteiger partial charge in [-0.1, -0.05) is 0 Å². The van der Waals surface area contributed by atoms with Gasteiger partial charge in [0.05, 0.1) is 43.3 Å². The molecule has 0 saturated heterocycles. The number of nitrogens with zero attached hydrogens (tertiary/aromatic N) is 1. The number of anilines is 2. The van der Waals surface area contributed by atoms with Crippen LogP contribution in [0.25, 0.3) is 0 Å². The van der Waals surface area contributed by atoms with Crippen LogP contribution in [0.4, 0.5) is 24.5 Å². The fraction of sp³-hybridized carbons (Fsp3) is 0.333. The van der Waals surface area contributed by atoms with Crippen LogP contribution >= 0.6 is 22.6 Å². The molecular formula is C21H23F3IN3O6. The molecule has 0 aromatic heterocycles. The number of aliphatic hydroxyl groups excluding tert-OH is 2. The van der Waals surface area contributed by atoms with Gasteiger partial charge in [-0.15, -0.1) is 0 Å². The van der Waals surface area contributed by atoms with E-state index in [0.29, 0.717) is 3.57 Å². The molecule has 2 aromatic rings. The molecule has 4 N–H and O–H groups in total. The molecule has 0 spiro atoms. The molecule has 0 unspecified atom stereocenters. The number of hydrogen-bond donors (Lipinski definition) is 4. The van der Waals surface area contributed by atoms with Gasteiger partial charge in [-0.05, 0) is 53.3 Å². The van der Waals surface area contributed by atoms with Gasteiger partial charge in [-0.3, -0.25) is 19.3 Å². The molecule has 0 atom stereocenters. The molecule has 34 heavy (non-hydrogen) atoms. The quantitative estimate of drug-likeness (QED) is 0.169. The lowest BCUT2D eigenvalue weighted by Gasteiger charge is -2.22. The average molecular weight is 597 g/mol. The maximum absolute atomic E-state index is 15.1. The molecule has 0 saturated carbocycles. The zero-order chi connectivity index (χ0) is 25.3. The first-order chi connectivity index (χ1) is 16.2. The van der Waals surface area contributed by atoms with E-state index < -0.39 is 59.2 Å². The second-order valence-corrected chi connectivity index (χ2v) is 8.05. The van der Waals surface area contributed by atoms with Crippen LogP contribution in [0, 0.1) is 21.0 Å². The van der Waals surface area contributed by atoms with E-state index in [0.717, 1.165) is 24.1 Å². The van der Waals surface area contributed by atoms with Crippen molar-refractivity contribution in [3.8, 4) is 0 Å². The van der Waals surface area contributed by atoms with E-state index in [1.807, 2.05) is 28.1 Å². The Bertz CT molecular complexity index is 1030. The maximum atomic E-state index is 15.1. The Morgan fingerprint density at radius 1 is 1.09 bits per heavy atom. The SMILES string of the molecule is CC(=O)N(Cc1cc(C(=O)NOCCO)c(Nc2ccc(I)cc2F)c(F)c1F)OCCCO. The molecule has 186 valence electrons. The number of amides is 2. The molecule has 0 aliphatic heterocycles. The predicted molar refractivity (Wildman–Crippen MR) is 123 cm³/mol. The standard InChI is InChI=1S/C21H23F3IN3O6/c1-12(31)28(34-7-2-5-29)11-13-9-15(21(32)27-33-8-6-30)20(19(24)18(13)23)26-17-4-3-14(25)10-16(17)22/h3-4,9-10,26,29-30H,2,5-8,11H2,1H3,(H,27,32). The van der Waals surface area contributed by atoms with Crippen molar-refractivity contribution in [1.29, 1.82) is 0 Å². The number of carbonyl (C=O) groups is 2. The first-order valence-corrected chi connectivity index (χ1v) is 11.0. The number of carbonyl (C=O) groups excluding carboxylic acids is 2. The highest BCUT2D eigenvalue weighted by Gasteiger charge is 2.25. The van der Waals surface area contributed by atoms with Crippen molar-refractivity contribution in [1.82, 2.24) is 10.5 Å². The minimum Gasteiger partial charge on any atom is -0.396 e. The normalized spacial score (nSPS) is 10.8. The number of benzene rings is 2. The number of nitrogens with one attached hydrogen (secondary N) is 2. The topological polar surface area (TPSA) is 120 Å². The van der Waals surface area contributed by atoms with E-state index in [9.17, 15) is 18.4 Å². The number of hydroxylamine groups is 3. The Kier molecular flexibility index (Phi) is 11.0. The highest BCUT2D eigenvalue weighted by molar-refractivity contribution is 14.1. The molecular weight excluding hydrogens is 574 g/mol. The molecule has 9 nitrogen and oxygen atoms in total. The minimum absolute atomic E-state index is 0.0613. The van der Waals surface area contributed by atoms with E-state index in [4.69, 9.17) is 19.9 Å². The van der Waals surface area contributed by atoms with Crippen molar-refractivity contribution in [3.63, 3.8) is 0 Å². The molecule has 2 amide bonds. The highest BCUT2D eigenvalue weighted by atomic mass is 127. The molecule has 0 bridgehead atoms. The van der Waals surface area contributed by atoms with Crippen molar-refractivity contribution in [2.45, 2.75) is 19.9 Å². The zero-order valence-electron chi connectivity index (χ0n) is 18.0. The first kappa shape index (κ1) is 27.8. The van der Waals surface area contributed by atoms with Crippen molar-refractivity contribution < 1.29 is 42.6 Å². The summed E-state index contributed by atoms with van der Waals surface area (Å²) < 4.78 is 45.0. The third-order valence-corrected chi connectivity index (χ3v) is 4.96. The van der Waals surface area contributed by atoms with Crippen molar-refractivity contribution >= 4 is 45.8 Å². The van der Waals surface area contributed by atoms with Crippen LogP contribution in [-0.2, 0) is 21.0 Å². The smallest absolute Gasteiger partial charge is 0.277 e. The van der Waals surface area contributed by atoms with Crippen LogP contribution in [0.1, 0.15) is 29.3 Å². The van der Waals surface area contributed by atoms with Crippen LogP contribution in [0.5, 0.6) is 0 Å². The number of halogens is 4. The Morgan fingerprint density at radius 2 is 1.82 bits per heavy atom. The Morgan fingerprint density at radius 3 is 2.44 bits per heavy atom. The fourth-order valence-corrected chi connectivity index (χ4v) is 3.13. The van der Waals surface area contributed by atoms with Crippen LogP contribution in [0.2, 0.25) is 0 Å². The third kappa shape index (κ3) is 7.53. The Balaban J connectivity index is 2.49. The number of aliphatic hydroxyl groups is 2. The summed E-state index contributed by atoms with van der Waals surface area (Å²) in [5, 5.41) is 20.8. The maximum Gasteiger partial charge on any atom is 0.277 e. The van der Waals surface area contributed by atoms with Gasteiger partial charge in [0, 0.05) is 22.7 Å². The van der Waals surface area contributed by atoms with E-state index in [1.54, 1.807) is 0 Å². The fourth-order valence-electron chi connectivity index (χ4n) is 2.68. The Hall–Kier alpha value is -2.46. The monoisotopic (exact) mass is 597 g/mol. The summed E-state index contributed by atoms with van der Waals surface area (Å²) >= 11 is 1.87. The van der Waals surface area contributed by atoms with Gasteiger partial charge in [0.2, 0.25) is 5.91 Å². The number of hydrogen-bond acceptors (Lipinski definition) is 7. The van der Waals surface area contributed by atoms with E-state index in [2.05, 4.69) is 5.32 Å². The molecule has 0 aliphatic rings. The average Bonchev–Trinajstić information content (AvgIpc) is 2.79. The zero-order valence-corrected chi connectivity index (χ0v) is 20.2. The molecule has 0 aliphatic carbocycles. The lowest BCUT2D eigenvalue weighted by atomic mass is 10.1. The van der Waals surface area contributed by atoms with E-state index in [-0.39, 0.29) is 31.9 Å². The molecule has 0 radical (unpaired) electrons. The van der Waals surface area contributed by atoms with Crippen LogP contribution in [0.15, 0.2) is 24.3 Å². The van der Waals surface area contributed by atoms with Gasteiger partial charge >= 0.3 is 0 Å². The van der Waals surface area contributed by atoms with Gasteiger partial charge in [0.1, 0.15) is 5.82 Å². The van der Waals surface area contributed by atoms with E-state index >= 15 is 4.39 Å². The summed E-state index contributed by atoms with van der Waals surface area (Å²) in [6, 6.07) is 4.93. The molecule has 0 fully saturated rings. The van der Waals surface area contributed by atoms with Gasteiger partial charge < -0.3 is 15.5 Å². The minimum atomic E-state index is -1.50. The highest BCUT2D eigenvalue weighted by Crippen LogP contribution is 2.31.